The lowest BCUT2D eigenvalue weighted by atomic mass is 10.2. The molecule has 0 radical (unpaired) electrons. The van der Waals surface area contributed by atoms with Crippen LogP contribution < -0.4 is 5.73 Å². The zero-order valence-electron chi connectivity index (χ0n) is 6.24. The zero-order chi connectivity index (χ0) is 8.43. The van der Waals surface area contributed by atoms with Gasteiger partial charge in [0.25, 0.3) is 0 Å². The summed E-state index contributed by atoms with van der Waals surface area (Å²) < 4.78 is 0. The van der Waals surface area contributed by atoms with Crippen molar-refractivity contribution in [1.29, 1.82) is 0 Å². The van der Waals surface area contributed by atoms with Crippen molar-refractivity contribution in [3.8, 4) is 0 Å². The van der Waals surface area contributed by atoms with E-state index in [1.165, 1.54) is 4.90 Å². The number of primary amides is 1. The third-order valence-corrected chi connectivity index (χ3v) is 2.58. The summed E-state index contributed by atoms with van der Waals surface area (Å²) >= 11 is 1.56. The molecule has 1 saturated heterocycles. The summed E-state index contributed by atoms with van der Waals surface area (Å²) in [6, 6.07) is 0. The molecule has 0 saturated carbocycles. The molecular formula is C6H10N2O2S. The van der Waals surface area contributed by atoms with Gasteiger partial charge >= 0.3 is 0 Å². The highest BCUT2D eigenvalue weighted by molar-refractivity contribution is 7.99. The van der Waals surface area contributed by atoms with Crippen molar-refractivity contribution in [2.45, 2.75) is 11.8 Å². The molecule has 0 aromatic rings. The van der Waals surface area contributed by atoms with E-state index in [2.05, 4.69) is 0 Å². The molecule has 1 fully saturated rings. The molecule has 0 aliphatic carbocycles. The largest absolute Gasteiger partial charge is 0.368 e. The lowest BCUT2D eigenvalue weighted by molar-refractivity contribution is -0.144. The fourth-order valence-electron chi connectivity index (χ4n) is 0.993. The fraction of sp³-hybridized carbons (Fsp3) is 0.667. The SMILES string of the molecule is CSC1CC(=O)N1CC(N)=O. The van der Waals surface area contributed by atoms with Crippen LogP contribution in [0.5, 0.6) is 0 Å². The Balaban J connectivity index is 2.42. The van der Waals surface area contributed by atoms with E-state index in [-0.39, 0.29) is 17.8 Å². The van der Waals surface area contributed by atoms with Gasteiger partial charge in [0.2, 0.25) is 11.8 Å². The predicted octanol–water partition coefficient (Wildman–Crippen LogP) is -0.607. The summed E-state index contributed by atoms with van der Waals surface area (Å²) in [4.78, 5) is 22.8. The Kier molecular flexibility index (Phi) is 2.38. The van der Waals surface area contributed by atoms with Gasteiger partial charge in [-0.2, -0.15) is 0 Å². The summed E-state index contributed by atoms with van der Waals surface area (Å²) in [5.74, 6) is -0.430. The van der Waals surface area contributed by atoms with Crippen LogP contribution in [-0.4, -0.2) is 34.9 Å². The van der Waals surface area contributed by atoms with Gasteiger partial charge in [-0.3, -0.25) is 9.59 Å². The number of carbonyl (C=O) groups excluding carboxylic acids is 2. The van der Waals surface area contributed by atoms with Gasteiger partial charge in [0.1, 0.15) is 6.54 Å². The van der Waals surface area contributed by atoms with Gasteiger partial charge in [0.15, 0.2) is 0 Å². The van der Waals surface area contributed by atoms with Crippen molar-refractivity contribution in [1.82, 2.24) is 4.90 Å². The van der Waals surface area contributed by atoms with E-state index in [4.69, 9.17) is 5.73 Å². The number of nitrogens with zero attached hydrogens (tertiary/aromatic N) is 1. The van der Waals surface area contributed by atoms with Crippen LogP contribution in [0.25, 0.3) is 0 Å². The second-order valence-electron chi connectivity index (χ2n) is 2.38. The summed E-state index contributed by atoms with van der Waals surface area (Å²) in [5, 5.41) is 0.162. The molecule has 0 aromatic heterocycles. The normalized spacial score (nSPS) is 23.2. The summed E-state index contributed by atoms with van der Waals surface area (Å²) in [6.07, 6.45) is 2.44. The number of hydrogen-bond acceptors (Lipinski definition) is 3. The maximum atomic E-state index is 10.8. The van der Waals surface area contributed by atoms with E-state index in [9.17, 15) is 9.59 Å². The quantitative estimate of drug-likeness (QED) is 0.581. The molecule has 2 amide bonds. The number of thioether (sulfide) groups is 1. The van der Waals surface area contributed by atoms with Crippen LogP contribution in [0.2, 0.25) is 0 Å². The molecule has 1 aliphatic heterocycles. The van der Waals surface area contributed by atoms with Gasteiger partial charge in [0, 0.05) is 0 Å². The highest BCUT2D eigenvalue weighted by Crippen LogP contribution is 2.26. The van der Waals surface area contributed by atoms with E-state index >= 15 is 0 Å². The Hall–Kier alpha value is -0.710. The Morgan fingerprint density at radius 2 is 2.55 bits per heavy atom. The number of rotatable bonds is 3. The van der Waals surface area contributed by atoms with Crippen LogP contribution in [0, 0.1) is 0 Å². The summed E-state index contributed by atoms with van der Waals surface area (Å²) in [6.45, 7) is 0.0599. The molecule has 1 aliphatic rings. The van der Waals surface area contributed by atoms with Crippen LogP contribution in [0.3, 0.4) is 0 Å². The Morgan fingerprint density at radius 1 is 1.91 bits per heavy atom. The molecule has 4 nitrogen and oxygen atoms in total. The average Bonchev–Trinajstić information content (AvgIpc) is 1.95. The smallest absolute Gasteiger partial charge is 0.237 e. The second kappa shape index (κ2) is 3.13. The van der Waals surface area contributed by atoms with E-state index in [0.717, 1.165) is 0 Å². The van der Waals surface area contributed by atoms with E-state index in [0.29, 0.717) is 6.42 Å². The Labute approximate surface area is 69.1 Å². The summed E-state index contributed by atoms with van der Waals surface area (Å²) in [5.41, 5.74) is 4.94. The maximum absolute atomic E-state index is 10.8. The van der Waals surface area contributed by atoms with Crippen molar-refractivity contribution in [2.75, 3.05) is 12.8 Å². The first-order chi connectivity index (χ1) is 5.15. The van der Waals surface area contributed by atoms with Crippen molar-refractivity contribution < 1.29 is 9.59 Å². The van der Waals surface area contributed by atoms with Crippen LogP contribution in [-0.2, 0) is 9.59 Å². The molecule has 11 heavy (non-hydrogen) atoms. The van der Waals surface area contributed by atoms with Crippen LogP contribution in [0.15, 0.2) is 0 Å². The van der Waals surface area contributed by atoms with Crippen molar-refractivity contribution >= 4 is 23.6 Å². The number of amides is 2. The first kappa shape index (κ1) is 8.39. The Morgan fingerprint density at radius 3 is 2.91 bits per heavy atom. The molecule has 1 unspecified atom stereocenters. The number of hydrogen-bond donors (Lipinski definition) is 1. The minimum Gasteiger partial charge on any atom is -0.368 e. The van der Waals surface area contributed by atoms with Gasteiger partial charge in [-0.1, -0.05) is 0 Å². The molecule has 1 atom stereocenters. The molecule has 1 rings (SSSR count). The number of β-lactam (4-membered cyclic amide) rings is 1. The van der Waals surface area contributed by atoms with Crippen molar-refractivity contribution in [3.63, 3.8) is 0 Å². The van der Waals surface area contributed by atoms with Crippen LogP contribution in [0.1, 0.15) is 6.42 Å². The monoisotopic (exact) mass is 174 g/mol. The fourth-order valence-corrected chi connectivity index (χ4v) is 1.75. The number of nitrogens with two attached hydrogens (primary N) is 1. The Bertz CT molecular complexity index is 195. The van der Waals surface area contributed by atoms with Crippen LogP contribution >= 0.6 is 11.8 Å². The topological polar surface area (TPSA) is 63.4 Å². The van der Waals surface area contributed by atoms with E-state index in [1.807, 2.05) is 6.26 Å². The predicted molar refractivity (Wildman–Crippen MR) is 42.8 cm³/mol. The standard InChI is InChI=1S/C6H10N2O2S/c1-11-6-2-5(10)8(6)3-4(7)9/h6H,2-3H2,1H3,(H2,7,9). The molecule has 62 valence electrons. The highest BCUT2D eigenvalue weighted by Gasteiger charge is 2.35. The second-order valence-corrected chi connectivity index (χ2v) is 3.40. The maximum Gasteiger partial charge on any atom is 0.237 e. The highest BCUT2D eigenvalue weighted by atomic mass is 32.2. The van der Waals surface area contributed by atoms with Gasteiger partial charge in [-0.05, 0) is 6.26 Å². The van der Waals surface area contributed by atoms with Crippen molar-refractivity contribution in [3.05, 3.63) is 0 Å². The number of likely N-dealkylation sites (tertiary alicyclic amines) is 1. The zero-order valence-corrected chi connectivity index (χ0v) is 7.06. The van der Waals surface area contributed by atoms with Gasteiger partial charge in [0.05, 0.1) is 11.8 Å². The average molecular weight is 174 g/mol. The minimum absolute atomic E-state index is 0.0168. The first-order valence-corrected chi connectivity index (χ1v) is 4.54. The third kappa shape index (κ3) is 1.65. The third-order valence-electron chi connectivity index (χ3n) is 1.62. The lowest BCUT2D eigenvalue weighted by Gasteiger charge is -2.38. The summed E-state index contributed by atoms with van der Waals surface area (Å²) in [7, 11) is 0. The van der Waals surface area contributed by atoms with E-state index in [1.54, 1.807) is 11.8 Å². The molecule has 1 heterocycles. The molecule has 0 bridgehead atoms. The molecule has 2 N–H and O–H groups in total. The minimum atomic E-state index is -0.447. The van der Waals surface area contributed by atoms with Gasteiger partial charge in [-0.15, -0.1) is 11.8 Å². The molecule has 5 heteroatoms. The van der Waals surface area contributed by atoms with Gasteiger partial charge < -0.3 is 10.6 Å². The van der Waals surface area contributed by atoms with Crippen molar-refractivity contribution in [2.24, 2.45) is 5.73 Å². The van der Waals surface area contributed by atoms with Crippen LogP contribution in [0.4, 0.5) is 0 Å². The van der Waals surface area contributed by atoms with E-state index < -0.39 is 5.91 Å². The molecule has 0 aromatic carbocycles. The number of carbonyl (C=O) groups is 2. The molecular weight excluding hydrogens is 164 g/mol. The first-order valence-electron chi connectivity index (χ1n) is 3.25. The van der Waals surface area contributed by atoms with Gasteiger partial charge in [-0.25, -0.2) is 0 Å². The molecule has 0 spiro atoms. The lowest BCUT2D eigenvalue weighted by Crippen LogP contribution is -2.53.